The van der Waals surface area contributed by atoms with E-state index in [1.807, 2.05) is 42.5 Å². The molecule has 0 unspecified atom stereocenters. The summed E-state index contributed by atoms with van der Waals surface area (Å²) in [7, 11) is 0. The monoisotopic (exact) mass is 657 g/mol. The molecule has 0 atom stereocenters. The number of nitrogens with one attached hydrogen (secondary N) is 2. The Morgan fingerprint density at radius 2 is 1.76 bits per heavy atom. The second-order valence-electron chi connectivity index (χ2n) is 11.8. The summed E-state index contributed by atoms with van der Waals surface area (Å²) >= 11 is 12.5. The van der Waals surface area contributed by atoms with Gasteiger partial charge < -0.3 is 20.9 Å². The van der Waals surface area contributed by atoms with E-state index in [2.05, 4.69) is 27.1 Å². The van der Waals surface area contributed by atoms with Crippen molar-refractivity contribution >= 4 is 52.3 Å². The number of anilines is 2. The fourth-order valence-corrected chi connectivity index (χ4v) is 6.18. The number of carbonyl (C=O) groups is 2. The van der Waals surface area contributed by atoms with Crippen LogP contribution in [0, 0.1) is 0 Å². The first-order valence-electron chi connectivity index (χ1n) is 14.9. The van der Waals surface area contributed by atoms with Crippen LogP contribution < -0.4 is 21.4 Å². The van der Waals surface area contributed by atoms with E-state index in [1.54, 1.807) is 40.8 Å². The van der Waals surface area contributed by atoms with Gasteiger partial charge in [0, 0.05) is 42.4 Å². The number of aromatic nitrogens is 2. The highest BCUT2D eigenvalue weighted by Gasteiger charge is 2.31. The highest BCUT2D eigenvalue weighted by Crippen LogP contribution is 2.36. The number of rotatable bonds is 7. The van der Waals surface area contributed by atoms with Gasteiger partial charge in [0.15, 0.2) is 5.82 Å². The third-order valence-electron chi connectivity index (χ3n) is 8.61. The van der Waals surface area contributed by atoms with E-state index in [9.17, 15) is 9.59 Å². The normalized spacial score (nSPS) is 16.4. The number of fused-ring (bicyclic) bond motifs is 4. The molecule has 2 bridgehead atoms. The number of hydrogen-bond donors (Lipinski definition) is 4. The molecule has 7 rings (SSSR count). The lowest BCUT2D eigenvalue weighted by Gasteiger charge is -2.40. The van der Waals surface area contributed by atoms with Gasteiger partial charge in [-0.15, -0.1) is 0 Å². The van der Waals surface area contributed by atoms with Gasteiger partial charge in [0.2, 0.25) is 0 Å². The lowest BCUT2D eigenvalue weighted by Crippen LogP contribution is -2.51. The molecular weight excluding hydrogens is 625 g/mol. The van der Waals surface area contributed by atoms with Crippen LogP contribution in [0.25, 0.3) is 17.0 Å². The Kier molecular flexibility index (Phi) is 8.97. The van der Waals surface area contributed by atoms with Crippen molar-refractivity contribution in [2.75, 3.05) is 23.7 Å². The van der Waals surface area contributed by atoms with Gasteiger partial charge in [0.1, 0.15) is 11.5 Å². The Labute approximate surface area is 276 Å². The molecular formula is C34H33Cl2N7O3. The van der Waals surface area contributed by atoms with E-state index in [-0.39, 0.29) is 11.4 Å². The summed E-state index contributed by atoms with van der Waals surface area (Å²) in [6.07, 6.45) is 4.73. The van der Waals surface area contributed by atoms with Crippen LogP contribution in [0.3, 0.4) is 0 Å². The van der Waals surface area contributed by atoms with Gasteiger partial charge in [-0.25, -0.2) is 15.4 Å². The van der Waals surface area contributed by atoms with Crippen LogP contribution in [-0.2, 0) is 17.9 Å². The Balaban J connectivity index is 1.06. The molecule has 0 spiro atoms. The van der Waals surface area contributed by atoms with Gasteiger partial charge >= 0.3 is 0 Å². The van der Waals surface area contributed by atoms with E-state index >= 15 is 0 Å². The third-order valence-corrected chi connectivity index (χ3v) is 9.43. The van der Waals surface area contributed by atoms with Gasteiger partial charge in [-0.3, -0.25) is 14.8 Å². The van der Waals surface area contributed by atoms with Crippen molar-refractivity contribution in [3.05, 3.63) is 111 Å². The highest BCUT2D eigenvalue weighted by atomic mass is 35.5. The number of piperidine rings is 1. The Morgan fingerprint density at radius 1 is 1.04 bits per heavy atom. The zero-order valence-corrected chi connectivity index (χ0v) is 26.6. The second-order valence-corrected chi connectivity index (χ2v) is 12.5. The molecule has 0 aliphatic carbocycles. The number of carbonyl (C=O) groups excluding carboxylic acids is 2. The van der Waals surface area contributed by atoms with Gasteiger partial charge in [0.05, 0.1) is 28.5 Å². The average Bonchev–Trinajstić information content (AvgIpc) is 3.34. The first kappa shape index (κ1) is 31.5. The van der Waals surface area contributed by atoms with Gasteiger partial charge in [-0.1, -0.05) is 71.7 Å². The zero-order valence-electron chi connectivity index (χ0n) is 25.1. The van der Waals surface area contributed by atoms with Crippen LogP contribution in [0.1, 0.15) is 46.8 Å². The van der Waals surface area contributed by atoms with Crippen LogP contribution in [0.2, 0.25) is 10.0 Å². The molecule has 3 aliphatic rings. The van der Waals surface area contributed by atoms with Crippen molar-refractivity contribution in [3.63, 3.8) is 0 Å². The van der Waals surface area contributed by atoms with E-state index in [0.717, 1.165) is 42.9 Å². The van der Waals surface area contributed by atoms with Crippen molar-refractivity contribution in [2.45, 2.75) is 38.4 Å². The topological polar surface area (TPSA) is 137 Å². The Bertz CT molecular complexity index is 1800. The van der Waals surface area contributed by atoms with Gasteiger partial charge in [-0.2, -0.15) is 0 Å². The molecule has 1 saturated heterocycles. The Morgan fingerprint density at radius 3 is 2.43 bits per heavy atom. The molecule has 3 aliphatic heterocycles. The summed E-state index contributed by atoms with van der Waals surface area (Å²) < 4.78 is 0. The maximum Gasteiger partial charge on any atom is 0.269 e. The molecule has 5 N–H and O–H groups in total. The standard InChI is InChI=1S/C34H33Cl2N7O3/c1-34(13-15-42(16-14-34)28-19-38-31(32(37)40-28)25-3-2-4-26(35)30(25)36)39-18-21-5-11-24(12-6-21)33(45)43-20-22-7-9-23(10-8-22)27(43)17-29(44)41-46/h2-12,17,19,39,46H,13-16,18,20H2,1H3,(H2,37,40)(H,41,44)/b27-17+. The van der Waals surface area contributed by atoms with E-state index in [1.165, 1.54) is 6.08 Å². The number of benzene rings is 3. The number of halogens is 2. The maximum atomic E-state index is 13.6. The van der Waals surface area contributed by atoms with Crippen LogP contribution in [-0.4, -0.2) is 50.5 Å². The molecule has 2 amide bonds. The molecule has 46 heavy (non-hydrogen) atoms. The summed E-state index contributed by atoms with van der Waals surface area (Å²) in [6, 6.07) is 20.4. The van der Waals surface area contributed by atoms with Crippen molar-refractivity contribution in [1.29, 1.82) is 0 Å². The minimum absolute atomic E-state index is 0.0923. The predicted octanol–water partition coefficient (Wildman–Crippen LogP) is 5.68. The summed E-state index contributed by atoms with van der Waals surface area (Å²) in [5.74, 6) is 0.0856. The quantitative estimate of drug-likeness (QED) is 0.113. The van der Waals surface area contributed by atoms with Crippen molar-refractivity contribution in [2.24, 2.45) is 0 Å². The van der Waals surface area contributed by atoms with Crippen LogP contribution in [0.5, 0.6) is 0 Å². The Hall–Kier alpha value is -4.48. The molecule has 4 aromatic rings. The van der Waals surface area contributed by atoms with Crippen LogP contribution in [0.4, 0.5) is 11.6 Å². The van der Waals surface area contributed by atoms with E-state index in [0.29, 0.717) is 57.0 Å². The molecule has 4 heterocycles. The number of nitrogen functional groups attached to an aromatic ring is 1. The minimum Gasteiger partial charge on any atom is -0.382 e. The van der Waals surface area contributed by atoms with Crippen LogP contribution in [0.15, 0.2) is 79.0 Å². The third kappa shape index (κ3) is 6.56. The number of nitrogens with zero attached hydrogens (tertiary/aromatic N) is 4. The summed E-state index contributed by atoms with van der Waals surface area (Å²) in [5.41, 5.74) is 12.6. The maximum absolute atomic E-state index is 13.6. The van der Waals surface area contributed by atoms with Crippen molar-refractivity contribution < 1.29 is 14.8 Å². The number of hydroxylamine groups is 1. The molecule has 0 radical (unpaired) electrons. The average molecular weight is 659 g/mol. The lowest BCUT2D eigenvalue weighted by molar-refractivity contribution is -0.124. The first-order valence-corrected chi connectivity index (χ1v) is 15.6. The summed E-state index contributed by atoms with van der Waals surface area (Å²) in [4.78, 5) is 38.5. The molecule has 10 nitrogen and oxygen atoms in total. The lowest BCUT2D eigenvalue weighted by atomic mass is 9.89. The summed E-state index contributed by atoms with van der Waals surface area (Å²) in [6.45, 7) is 4.74. The minimum atomic E-state index is -0.702. The molecule has 12 heteroatoms. The highest BCUT2D eigenvalue weighted by molar-refractivity contribution is 6.43. The fourth-order valence-electron chi connectivity index (χ4n) is 5.79. The number of amides is 2. The molecule has 1 aromatic heterocycles. The first-order chi connectivity index (χ1) is 22.1. The smallest absolute Gasteiger partial charge is 0.269 e. The predicted molar refractivity (Wildman–Crippen MR) is 179 cm³/mol. The molecule has 3 aromatic carbocycles. The van der Waals surface area contributed by atoms with Crippen molar-refractivity contribution in [1.82, 2.24) is 25.7 Å². The SMILES string of the molecule is CC1(NCc2ccc(C(=O)N3Cc4ccc(cc4)/C3=C\C(=O)NO)cc2)CCN(c2cnc(-c3cccc(Cl)c3Cl)c(N)n2)CC1. The molecule has 1 fully saturated rings. The van der Waals surface area contributed by atoms with E-state index < -0.39 is 5.91 Å². The van der Waals surface area contributed by atoms with Crippen molar-refractivity contribution in [3.8, 4) is 11.3 Å². The van der Waals surface area contributed by atoms with Gasteiger partial charge in [0.25, 0.3) is 11.8 Å². The summed E-state index contributed by atoms with van der Waals surface area (Å²) in [5, 5.41) is 13.6. The van der Waals surface area contributed by atoms with Gasteiger partial charge in [-0.05, 0) is 54.7 Å². The molecule has 0 saturated carbocycles. The molecule has 236 valence electrons. The zero-order chi connectivity index (χ0) is 32.4. The van der Waals surface area contributed by atoms with E-state index in [4.69, 9.17) is 34.1 Å². The number of hydrogen-bond acceptors (Lipinski definition) is 8. The largest absolute Gasteiger partial charge is 0.382 e. The fraction of sp³-hybridized carbons (Fsp3) is 0.235. The second kappa shape index (κ2) is 13.1. The van der Waals surface area contributed by atoms with Crippen LogP contribution >= 0.6 is 23.2 Å². The number of nitrogens with two attached hydrogens (primary N) is 1.